The molecule has 0 saturated heterocycles. The predicted octanol–water partition coefficient (Wildman–Crippen LogP) is 9.05. The Morgan fingerprint density at radius 1 is 0.759 bits per heavy atom. The maximum Gasteiger partial charge on any atom is 0.0433 e. The van der Waals surface area contributed by atoms with Crippen molar-refractivity contribution in [2.24, 2.45) is 33.0 Å². The van der Waals surface area contributed by atoms with Crippen LogP contribution in [0.3, 0.4) is 0 Å². The van der Waals surface area contributed by atoms with Gasteiger partial charge in [-0.05, 0) is 72.0 Å². The van der Waals surface area contributed by atoms with E-state index in [2.05, 4.69) is 89.7 Å². The maximum absolute atomic E-state index is 9.15. The van der Waals surface area contributed by atoms with E-state index >= 15 is 0 Å². The minimum atomic E-state index is 0.254. The third kappa shape index (κ3) is 9.16. The molecule has 0 radical (unpaired) electrons. The molecule has 1 heteroatoms. The summed E-state index contributed by atoms with van der Waals surface area (Å²) in [6.45, 7) is 33.6. The van der Waals surface area contributed by atoms with Crippen molar-refractivity contribution < 1.29 is 5.11 Å². The van der Waals surface area contributed by atoms with Gasteiger partial charge in [-0.1, -0.05) is 94.6 Å². The summed E-state index contributed by atoms with van der Waals surface area (Å²) in [5.74, 6) is 0.629. The Hall–Kier alpha value is -0.300. The molecule has 0 fully saturated rings. The summed E-state index contributed by atoms with van der Waals surface area (Å²) in [7, 11) is 0. The second-order valence-electron chi connectivity index (χ2n) is 13.7. The van der Waals surface area contributed by atoms with Crippen LogP contribution < -0.4 is 0 Å². The van der Waals surface area contributed by atoms with Crippen LogP contribution in [0.4, 0.5) is 0 Å². The highest BCUT2D eigenvalue weighted by Crippen LogP contribution is 2.57. The van der Waals surface area contributed by atoms with Crippen molar-refractivity contribution >= 4 is 0 Å². The third-order valence-corrected chi connectivity index (χ3v) is 8.37. The summed E-state index contributed by atoms with van der Waals surface area (Å²) in [5, 5.41) is 9.15. The van der Waals surface area contributed by atoms with E-state index in [-0.39, 0.29) is 21.7 Å². The van der Waals surface area contributed by atoms with Crippen LogP contribution in [0.1, 0.15) is 128 Å². The van der Waals surface area contributed by atoms with Gasteiger partial charge in [0, 0.05) is 6.61 Å². The normalized spacial score (nSPS) is 15.5. The van der Waals surface area contributed by atoms with E-state index in [1.165, 1.54) is 37.7 Å². The van der Waals surface area contributed by atoms with Gasteiger partial charge in [0.2, 0.25) is 0 Å². The van der Waals surface area contributed by atoms with Crippen molar-refractivity contribution in [2.75, 3.05) is 6.61 Å². The molecule has 1 unspecified atom stereocenters. The first-order chi connectivity index (χ1) is 12.8. The summed E-state index contributed by atoms with van der Waals surface area (Å²) in [5.41, 5.74) is 2.66. The molecule has 0 saturated carbocycles. The quantitative estimate of drug-likeness (QED) is 0.284. The van der Waals surface area contributed by atoms with Crippen molar-refractivity contribution in [3.63, 3.8) is 0 Å². The van der Waals surface area contributed by atoms with Gasteiger partial charge in [0.25, 0.3) is 0 Å². The molecule has 0 rings (SSSR count). The third-order valence-electron chi connectivity index (χ3n) is 8.37. The zero-order valence-corrected chi connectivity index (χ0v) is 22.4. The molecule has 1 atom stereocenters. The molecule has 0 bridgehead atoms. The number of allylic oxidation sites excluding steroid dienone is 1. The zero-order valence-electron chi connectivity index (χ0n) is 22.4. The molecule has 1 N–H and O–H groups in total. The highest BCUT2D eigenvalue weighted by molar-refractivity contribution is 5.00. The van der Waals surface area contributed by atoms with Crippen LogP contribution in [0.25, 0.3) is 0 Å². The summed E-state index contributed by atoms with van der Waals surface area (Å²) < 4.78 is 0. The van der Waals surface area contributed by atoms with E-state index in [1.807, 2.05) is 0 Å². The van der Waals surface area contributed by atoms with Crippen molar-refractivity contribution in [1.82, 2.24) is 0 Å². The molecule has 0 aromatic carbocycles. The second-order valence-corrected chi connectivity index (χ2v) is 13.7. The summed E-state index contributed by atoms with van der Waals surface area (Å²) in [4.78, 5) is 0. The van der Waals surface area contributed by atoms with Gasteiger partial charge < -0.3 is 5.11 Å². The predicted molar refractivity (Wildman–Crippen MR) is 132 cm³/mol. The summed E-state index contributed by atoms with van der Waals surface area (Å²) in [6.07, 6.45) is 8.23. The number of hydrogen-bond donors (Lipinski definition) is 1. The van der Waals surface area contributed by atoms with Gasteiger partial charge in [-0.3, -0.25) is 0 Å². The number of aliphatic hydroxyl groups is 1. The lowest BCUT2D eigenvalue weighted by Crippen LogP contribution is -2.43. The topological polar surface area (TPSA) is 20.2 Å². The molecular formula is C28H56O. The Morgan fingerprint density at radius 3 is 1.66 bits per heavy atom. The lowest BCUT2D eigenvalue weighted by Gasteiger charge is -2.53. The molecule has 0 aliphatic rings. The minimum Gasteiger partial charge on any atom is -0.396 e. The van der Waals surface area contributed by atoms with Gasteiger partial charge in [-0.15, -0.1) is 6.58 Å². The first kappa shape index (κ1) is 28.7. The van der Waals surface area contributed by atoms with Crippen LogP contribution in [-0.2, 0) is 0 Å². The summed E-state index contributed by atoms with van der Waals surface area (Å²) in [6, 6.07) is 0. The number of rotatable bonds is 14. The second kappa shape index (κ2) is 10.3. The monoisotopic (exact) mass is 408 g/mol. The Labute approximate surface area is 185 Å². The van der Waals surface area contributed by atoms with E-state index in [4.69, 9.17) is 5.11 Å². The van der Waals surface area contributed by atoms with Gasteiger partial charge in [-0.25, -0.2) is 0 Å². The molecule has 174 valence electrons. The highest BCUT2D eigenvalue weighted by atomic mass is 16.3. The van der Waals surface area contributed by atoms with E-state index in [9.17, 15) is 0 Å². The van der Waals surface area contributed by atoms with E-state index in [0.29, 0.717) is 17.9 Å². The van der Waals surface area contributed by atoms with Gasteiger partial charge in [0.05, 0.1) is 0 Å². The Morgan fingerprint density at radius 2 is 1.21 bits per heavy atom. The number of hydrogen-bond acceptors (Lipinski definition) is 1. The lowest BCUT2D eigenvalue weighted by atomic mass is 9.52. The fourth-order valence-electron chi connectivity index (χ4n) is 5.49. The summed E-state index contributed by atoms with van der Waals surface area (Å²) >= 11 is 0. The Kier molecular flexibility index (Phi) is 10.2. The van der Waals surface area contributed by atoms with Crippen molar-refractivity contribution in [3.05, 3.63) is 12.2 Å². The maximum atomic E-state index is 9.15. The van der Waals surface area contributed by atoms with Gasteiger partial charge in [0.15, 0.2) is 0 Å². The van der Waals surface area contributed by atoms with Crippen LogP contribution in [0.15, 0.2) is 12.2 Å². The van der Waals surface area contributed by atoms with Crippen LogP contribution >= 0.6 is 0 Å². The van der Waals surface area contributed by atoms with E-state index in [1.54, 1.807) is 0 Å². The Balaban J connectivity index is 5.21. The first-order valence-electron chi connectivity index (χ1n) is 12.0. The first-order valence-corrected chi connectivity index (χ1v) is 12.0. The molecule has 1 nitrogen and oxygen atoms in total. The van der Waals surface area contributed by atoms with E-state index in [0.717, 1.165) is 12.8 Å². The van der Waals surface area contributed by atoms with Gasteiger partial charge in [-0.2, -0.15) is 0 Å². The number of aliphatic hydroxyl groups excluding tert-OH is 1. The molecule has 0 spiro atoms. The van der Waals surface area contributed by atoms with Crippen molar-refractivity contribution in [1.29, 1.82) is 0 Å². The minimum absolute atomic E-state index is 0.254. The fourth-order valence-corrected chi connectivity index (χ4v) is 5.49. The average Bonchev–Trinajstić information content (AvgIpc) is 2.42. The molecule has 0 aliphatic heterocycles. The van der Waals surface area contributed by atoms with Gasteiger partial charge in [0.1, 0.15) is 0 Å². The zero-order chi connectivity index (χ0) is 23.3. The average molecular weight is 409 g/mol. The standard InChI is InChI=1S/C28H56O/c1-22(2)19-24(4,5)20-26(8,9)28(12,13)21-27(10,11)25(6,7)17-14-15-23(3)16-18-29/h23,29H,1,14-21H2,2-13H3. The van der Waals surface area contributed by atoms with Crippen molar-refractivity contribution in [3.8, 4) is 0 Å². The van der Waals surface area contributed by atoms with Crippen molar-refractivity contribution in [2.45, 2.75) is 128 Å². The molecule has 0 heterocycles. The molecule has 0 aromatic rings. The fraction of sp³-hybridized carbons (Fsp3) is 0.929. The van der Waals surface area contributed by atoms with Gasteiger partial charge >= 0.3 is 0 Å². The smallest absolute Gasteiger partial charge is 0.0433 e. The molecule has 29 heavy (non-hydrogen) atoms. The van der Waals surface area contributed by atoms with Crippen LogP contribution in [-0.4, -0.2) is 11.7 Å². The molecular weight excluding hydrogens is 352 g/mol. The SMILES string of the molecule is C=C(C)CC(C)(C)CC(C)(C)C(C)(C)CC(C)(C)C(C)(C)CCCC(C)CCO. The van der Waals surface area contributed by atoms with Crippen LogP contribution in [0, 0.1) is 33.0 Å². The van der Waals surface area contributed by atoms with Crippen LogP contribution in [0.5, 0.6) is 0 Å². The molecule has 0 aromatic heterocycles. The highest BCUT2D eigenvalue weighted by Gasteiger charge is 2.47. The molecule has 0 aliphatic carbocycles. The largest absolute Gasteiger partial charge is 0.396 e. The lowest BCUT2D eigenvalue weighted by molar-refractivity contribution is -0.0284. The van der Waals surface area contributed by atoms with Crippen LogP contribution in [0.2, 0.25) is 0 Å². The molecule has 0 amide bonds. The Bertz CT molecular complexity index is 504. The van der Waals surface area contributed by atoms with E-state index < -0.39 is 0 Å².